The lowest BCUT2D eigenvalue weighted by molar-refractivity contribution is 0.225. The highest BCUT2D eigenvalue weighted by Gasteiger charge is 2.37. The molecule has 98 valence electrons. The van der Waals surface area contributed by atoms with Crippen molar-refractivity contribution in [2.24, 2.45) is 5.41 Å². The highest BCUT2D eigenvalue weighted by atomic mass is 16.3. The summed E-state index contributed by atoms with van der Waals surface area (Å²) in [4.78, 5) is 11.0. The van der Waals surface area contributed by atoms with Crippen molar-refractivity contribution in [2.45, 2.75) is 45.1 Å². The van der Waals surface area contributed by atoms with Gasteiger partial charge in [0.1, 0.15) is 0 Å². The Bertz CT molecular complexity index is 388. The number of nitrogens with zero attached hydrogens (tertiary/aromatic N) is 3. The van der Waals surface area contributed by atoms with Crippen molar-refractivity contribution in [1.82, 2.24) is 9.97 Å². The van der Waals surface area contributed by atoms with Gasteiger partial charge in [0.2, 0.25) is 5.95 Å². The van der Waals surface area contributed by atoms with E-state index in [1.807, 2.05) is 0 Å². The Hall–Kier alpha value is -1.16. The normalized spacial score (nSPS) is 22.6. The van der Waals surface area contributed by atoms with Crippen LogP contribution in [0.2, 0.25) is 0 Å². The zero-order chi connectivity index (χ0) is 12.4. The van der Waals surface area contributed by atoms with Crippen LogP contribution in [0.15, 0.2) is 12.4 Å². The molecule has 4 nitrogen and oxygen atoms in total. The molecule has 1 aliphatic heterocycles. The van der Waals surface area contributed by atoms with Crippen LogP contribution in [0.1, 0.15) is 44.1 Å². The number of aromatic nitrogens is 2. The molecule has 1 saturated carbocycles. The molecule has 2 aliphatic rings. The lowest BCUT2D eigenvalue weighted by Gasteiger charge is -2.39. The van der Waals surface area contributed by atoms with Gasteiger partial charge in [-0.05, 0) is 31.1 Å². The first kappa shape index (κ1) is 11.9. The molecule has 0 radical (unpaired) electrons. The molecule has 18 heavy (non-hydrogen) atoms. The van der Waals surface area contributed by atoms with Crippen molar-refractivity contribution >= 4 is 5.95 Å². The molecule has 2 fully saturated rings. The minimum Gasteiger partial charge on any atom is -0.392 e. The summed E-state index contributed by atoms with van der Waals surface area (Å²) < 4.78 is 0. The van der Waals surface area contributed by atoms with Crippen molar-refractivity contribution in [3.8, 4) is 0 Å². The third kappa shape index (κ3) is 2.21. The Morgan fingerprint density at radius 1 is 1.06 bits per heavy atom. The van der Waals surface area contributed by atoms with E-state index in [0.717, 1.165) is 24.6 Å². The van der Waals surface area contributed by atoms with Gasteiger partial charge < -0.3 is 10.0 Å². The van der Waals surface area contributed by atoms with Crippen molar-refractivity contribution < 1.29 is 5.11 Å². The van der Waals surface area contributed by atoms with E-state index < -0.39 is 0 Å². The fraction of sp³-hybridized carbons (Fsp3) is 0.714. The lowest BCUT2D eigenvalue weighted by atomic mass is 9.77. The maximum absolute atomic E-state index is 8.98. The second-order valence-electron chi connectivity index (χ2n) is 5.74. The molecule has 3 rings (SSSR count). The number of aliphatic hydroxyl groups is 1. The van der Waals surface area contributed by atoms with Crippen LogP contribution in [0.5, 0.6) is 0 Å². The Morgan fingerprint density at radius 2 is 1.67 bits per heavy atom. The molecule has 1 saturated heterocycles. The molecule has 2 heterocycles. The zero-order valence-electron chi connectivity index (χ0n) is 10.8. The second-order valence-corrected chi connectivity index (χ2v) is 5.74. The SMILES string of the molecule is OCc1cnc(N2CCC3(CCCC3)CC2)nc1. The van der Waals surface area contributed by atoms with Gasteiger partial charge in [0.05, 0.1) is 6.61 Å². The highest BCUT2D eigenvalue weighted by molar-refractivity contribution is 5.30. The molecule has 0 aromatic carbocycles. The van der Waals surface area contributed by atoms with Gasteiger partial charge in [0.25, 0.3) is 0 Å². The first-order valence-electron chi connectivity index (χ1n) is 6.98. The van der Waals surface area contributed by atoms with Crippen LogP contribution in [-0.4, -0.2) is 28.2 Å². The molecule has 0 atom stereocenters. The lowest BCUT2D eigenvalue weighted by Crippen LogP contribution is -2.39. The van der Waals surface area contributed by atoms with E-state index in [1.165, 1.54) is 38.5 Å². The molecule has 1 aromatic heterocycles. The minimum atomic E-state index is 0.0173. The maximum Gasteiger partial charge on any atom is 0.225 e. The van der Waals surface area contributed by atoms with Crippen molar-refractivity contribution in [1.29, 1.82) is 0 Å². The third-order valence-corrected chi connectivity index (χ3v) is 4.65. The van der Waals surface area contributed by atoms with E-state index in [0.29, 0.717) is 5.41 Å². The molecule has 1 spiro atoms. The molecule has 1 aromatic rings. The molecule has 0 bridgehead atoms. The van der Waals surface area contributed by atoms with Crippen molar-refractivity contribution in [3.63, 3.8) is 0 Å². The summed E-state index contributed by atoms with van der Waals surface area (Å²) in [5, 5.41) is 8.98. The quantitative estimate of drug-likeness (QED) is 0.869. The highest BCUT2D eigenvalue weighted by Crippen LogP contribution is 2.46. The van der Waals surface area contributed by atoms with Gasteiger partial charge in [-0.3, -0.25) is 0 Å². The van der Waals surface area contributed by atoms with Crippen LogP contribution in [0.25, 0.3) is 0 Å². The van der Waals surface area contributed by atoms with E-state index >= 15 is 0 Å². The van der Waals surface area contributed by atoms with Gasteiger partial charge in [-0.25, -0.2) is 9.97 Å². The largest absolute Gasteiger partial charge is 0.392 e. The van der Waals surface area contributed by atoms with Gasteiger partial charge in [0, 0.05) is 31.0 Å². The number of aliphatic hydroxyl groups excluding tert-OH is 1. The van der Waals surface area contributed by atoms with Crippen LogP contribution < -0.4 is 4.90 Å². The van der Waals surface area contributed by atoms with Crippen LogP contribution in [0.4, 0.5) is 5.95 Å². The average molecular weight is 247 g/mol. The van der Waals surface area contributed by atoms with Crippen LogP contribution in [-0.2, 0) is 6.61 Å². The van der Waals surface area contributed by atoms with E-state index in [1.54, 1.807) is 12.4 Å². The molecular formula is C14H21N3O. The van der Waals surface area contributed by atoms with Crippen molar-refractivity contribution in [3.05, 3.63) is 18.0 Å². The van der Waals surface area contributed by atoms with Crippen LogP contribution in [0.3, 0.4) is 0 Å². The minimum absolute atomic E-state index is 0.0173. The summed E-state index contributed by atoms with van der Waals surface area (Å²) in [5.74, 6) is 0.819. The van der Waals surface area contributed by atoms with Crippen LogP contribution >= 0.6 is 0 Å². The van der Waals surface area contributed by atoms with Gasteiger partial charge >= 0.3 is 0 Å². The number of piperidine rings is 1. The summed E-state index contributed by atoms with van der Waals surface area (Å²) in [7, 11) is 0. The first-order chi connectivity index (χ1) is 8.81. The van der Waals surface area contributed by atoms with E-state index in [4.69, 9.17) is 5.11 Å². The summed E-state index contributed by atoms with van der Waals surface area (Å²) in [6.07, 6.45) is 11.7. The van der Waals surface area contributed by atoms with Gasteiger partial charge in [-0.1, -0.05) is 12.8 Å². The van der Waals surface area contributed by atoms with Gasteiger partial charge in [0.15, 0.2) is 0 Å². The Morgan fingerprint density at radius 3 is 2.22 bits per heavy atom. The molecule has 1 aliphatic carbocycles. The predicted octanol–water partition coefficient (Wildman–Crippen LogP) is 2.13. The van der Waals surface area contributed by atoms with Crippen LogP contribution in [0, 0.1) is 5.41 Å². The standard InChI is InChI=1S/C14H21N3O/c18-11-12-9-15-13(16-10-12)17-7-5-14(6-8-17)3-1-2-4-14/h9-10,18H,1-8,11H2. The molecule has 4 heteroatoms. The predicted molar refractivity (Wildman–Crippen MR) is 70.3 cm³/mol. The summed E-state index contributed by atoms with van der Waals surface area (Å²) in [6.45, 7) is 2.18. The fourth-order valence-electron chi connectivity index (χ4n) is 3.40. The van der Waals surface area contributed by atoms with E-state index in [2.05, 4.69) is 14.9 Å². The molecule has 0 unspecified atom stereocenters. The Labute approximate surface area is 108 Å². The smallest absolute Gasteiger partial charge is 0.225 e. The van der Waals surface area contributed by atoms with E-state index in [9.17, 15) is 0 Å². The summed E-state index contributed by atoms with van der Waals surface area (Å²) in [5.41, 5.74) is 1.42. The van der Waals surface area contributed by atoms with E-state index in [-0.39, 0.29) is 6.61 Å². The maximum atomic E-state index is 8.98. The fourth-order valence-corrected chi connectivity index (χ4v) is 3.40. The Kier molecular flexibility index (Phi) is 3.20. The van der Waals surface area contributed by atoms with Gasteiger partial charge in [-0.15, -0.1) is 0 Å². The summed E-state index contributed by atoms with van der Waals surface area (Å²) >= 11 is 0. The number of hydrogen-bond acceptors (Lipinski definition) is 4. The molecule has 0 amide bonds. The first-order valence-corrected chi connectivity index (χ1v) is 6.98. The monoisotopic (exact) mass is 247 g/mol. The van der Waals surface area contributed by atoms with Gasteiger partial charge in [-0.2, -0.15) is 0 Å². The average Bonchev–Trinajstić information content (AvgIpc) is 2.88. The summed E-state index contributed by atoms with van der Waals surface area (Å²) in [6, 6.07) is 0. The number of anilines is 1. The molecular weight excluding hydrogens is 226 g/mol. The van der Waals surface area contributed by atoms with Crippen molar-refractivity contribution in [2.75, 3.05) is 18.0 Å². The third-order valence-electron chi connectivity index (χ3n) is 4.65. The number of hydrogen-bond donors (Lipinski definition) is 1. The number of rotatable bonds is 2. The Balaban J connectivity index is 1.64. The topological polar surface area (TPSA) is 49.3 Å². The second kappa shape index (κ2) is 4.84. The molecule has 1 N–H and O–H groups in total. The zero-order valence-corrected chi connectivity index (χ0v) is 10.8.